The van der Waals surface area contributed by atoms with Crippen molar-refractivity contribution in [1.29, 1.82) is 0 Å². The lowest BCUT2D eigenvalue weighted by Crippen LogP contribution is -1.96. The van der Waals surface area contributed by atoms with E-state index in [0.717, 1.165) is 0 Å². The van der Waals surface area contributed by atoms with Gasteiger partial charge in [0, 0.05) is 0 Å². The summed E-state index contributed by atoms with van der Waals surface area (Å²) in [6.07, 6.45) is 6.55. The smallest absolute Gasteiger partial charge is 0.112 e. The van der Waals surface area contributed by atoms with Crippen LogP contribution in [0.3, 0.4) is 0 Å². The highest BCUT2D eigenvalue weighted by Crippen LogP contribution is 2.05. The third kappa shape index (κ3) is 1.86. The van der Waals surface area contributed by atoms with Crippen molar-refractivity contribution in [2.45, 2.75) is 0 Å². The highest BCUT2D eigenvalue weighted by atomic mass is 15.3. The van der Waals surface area contributed by atoms with E-state index in [1.165, 1.54) is 6.20 Å². The molecule has 11 heavy (non-hydrogen) atoms. The number of nitrogens with zero attached hydrogens (tertiary/aromatic N) is 3. The largest absolute Gasteiger partial charge is 0.396 e. The second-order valence-corrected chi connectivity index (χ2v) is 1.87. The van der Waals surface area contributed by atoms with Crippen LogP contribution in [0.1, 0.15) is 5.69 Å². The second-order valence-electron chi connectivity index (χ2n) is 1.87. The maximum Gasteiger partial charge on any atom is 0.112 e. The minimum absolute atomic E-state index is 0.512. The van der Waals surface area contributed by atoms with Crippen LogP contribution in [-0.2, 0) is 0 Å². The third-order valence-electron chi connectivity index (χ3n) is 1.09. The van der Waals surface area contributed by atoms with Crippen molar-refractivity contribution >= 4 is 11.8 Å². The highest BCUT2D eigenvalue weighted by Gasteiger charge is 1.93. The molecule has 0 atom stereocenters. The molecule has 1 heterocycles. The van der Waals surface area contributed by atoms with Crippen molar-refractivity contribution in [3.8, 4) is 0 Å². The topological polar surface area (TPSA) is 64.7 Å². The van der Waals surface area contributed by atoms with E-state index in [4.69, 9.17) is 5.73 Å². The molecule has 1 aromatic rings. The molecular formula is C7H8N4. The molecule has 0 bridgehead atoms. The summed E-state index contributed by atoms with van der Waals surface area (Å²) in [6, 6.07) is 0. The molecule has 0 amide bonds. The summed E-state index contributed by atoms with van der Waals surface area (Å²) in [7, 11) is 0. The van der Waals surface area contributed by atoms with Gasteiger partial charge in [0.05, 0.1) is 11.9 Å². The Hall–Kier alpha value is -1.71. The number of aromatic nitrogens is 3. The summed E-state index contributed by atoms with van der Waals surface area (Å²) >= 11 is 0. The molecule has 0 spiro atoms. The molecule has 1 rings (SSSR count). The average Bonchev–Trinajstić information content (AvgIpc) is 2.03. The Balaban J connectivity index is 2.94. The van der Waals surface area contributed by atoms with E-state index in [1.807, 2.05) is 0 Å². The first-order chi connectivity index (χ1) is 5.34. The molecule has 0 radical (unpaired) electrons. The molecule has 0 aliphatic heterocycles. The molecule has 4 heteroatoms. The molecule has 56 valence electrons. The molecule has 0 saturated heterocycles. The zero-order valence-corrected chi connectivity index (χ0v) is 5.94. The van der Waals surface area contributed by atoms with Gasteiger partial charge in [-0.3, -0.25) is 0 Å². The Bertz CT molecular complexity index is 280. The van der Waals surface area contributed by atoms with Crippen LogP contribution in [0.15, 0.2) is 24.9 Å². The van der Waals surface area contributed by atoms with Crippen molar-refractivity contribution in [3.63, 3.8) is 0 Å². The van der Waals surface area contributed by atoms with Crippen molar-refractivity contribution in [2.24, 2.45) is 0 Å². The van der Waals surface area contributed by atoms with Crippen LogP contribution >= 0.6 is 0 Å². The van der Waals surface area contributed by atoms with Gasteiger partial charge in [0.25, 0.3) is 0 Å². The molecule has 0 aliphatic rings. The highest BCUT2D eigenvalue weighted by molar-refractivity contribution is 5.59. The van der Waals surface area contributed by atoms with Gasteiger partial charge in [0.15, 0.2) is 0 Å². The summed E-state index contributed by atoms with van der Waals surface area (Å²) < 4.78 is 0. The van der Waals surface area contributed by atoms with E-state index in [1.54, 1.807) is 18.2 Å². The molecule has 1 aromatic heterocycles. The Morgan fingerprint density at radius 1 is 1.55 bits per heavy atom. The first-order valence-corrected chi connectivity index (χ1v) is 3.07. The van der Waals surface area contributed by atoms with Gasteiger partial charge in [-0.1, -0.05) is 18.7 Å². The lowest BCUT2D eigenvalue weighted by molar-refractivity contribution is 0.861. The summed E-state index contributed by atoms with van der Waals surface area (Å²) in [4.78, 5) is 0. The Morgan fingerprint density at radius 2 is 2.36 bits per heavy atom. The normalized spacial score (nSPS) is 10.2. The molecule has 0 unspecified atom stereocenters. The zero-order chi connectivity index (χ0) is 8.10. The predicted octanol–water partition coefficient (Wildman–Crippen LogP) is 0.653. The fraction of sp³-hybridized carbons (Fsp3) is 0. The van der Waals surface area contributed by atoms with Gasteiger partial charge in [-0.05, 0) is 11.3 Å². The number of hydrogen-bond acceptors (Lipinski definition) is 4. The summed E-state index contributed by atoms with van der Waals surface area (Å²) in [5.74, 6) is 0. The standard InChI is InChI=1S/C7H8N4/c1-2-3-4-7-6(8)5-9-11-10-7/h2-5H,1H2,(H2,8,11)/b4-3-. The predicted molar refractivity (Wildman–Crippen MR) is 43.5 cm³/mol. The maximum absolute atomic E-state index is 5.51. The van der Waals surface area contributed by atoms with Crippen LogP contribution in [-0.4, -0.2) is 15.4 Å². The number of nitrogens with two attached hydrogens (primary N) is 1. The average molecular weight is 148 g/mol. The SMILES string of the molecule is C=C/C=C\c1nnncc1N. The van der Waals surface area contributed by atoms with E-state index in [0.29, 0.717) is 11.4 Å². The van der Waals surface area contributed by atoms with Gasteiger partial charge in [0.1, 0.15) is 5.69 Å². The molecule has 0 aliphatic carbocycles. The quantitative estimate of drug-likeness (QED) is 0.625. The van der Waals surface area contributed by atoms with Gasteiger partial charge >= 0.3 is 0 Å². The molecular weight excluding hydrogens is 140 g/mol. The Morgan fingerprint density at radius 3 is 3.00 bits per heavy atom. The van der Waals surface area contributed by atoms with Crippen LogP contribution in [0.5, 0.6) is 0 Å². The minimum Gasteiger partial charge on any atom is -0.396 e. The van der Waals surface area contributed by atoms with Crippen LogP contribution in [0.4, 0.5) is 5.69 Å². The number of rotatable bonds is 2. The maximum atomic E-state index is 5.51. The van der Waals surface area contributed by atoms with Gasteiger partial charge in [0.2, 0.25) is 0 Å². The van der Waals surface area contributed by atoms with Gasteiger partial charge < -0.3 is 5.73 Å². The lowest BCUT2D eigenvalue weighted by atomic mass is 10.3. The van der Waals surface area contributed by atoms with E-state index >= 15 is 0 Å². The first kappa shape index (κ1) is 7.40. The number of nitrogen functional groups attached to an aromatic ring is 1. The van der Waals surface area contributed by atoms with Gasteiger partial charge in [-0.15, -0.1) is 10.2 Å². The van der Waals surface area contributed by atoms with E-state index in [9.17, 15) is 0 Å². The fourth-order valence-corrected chi connectivity index (χ4v) is 0.575. The number of anilines is 1. The molecule has 0 fully saturated rings. The van der Waals surface area contributed by atoms with E-state index < -0.39 is 0 Å². The fourth-order valence-electron chi connectivity index (χ4n) is 0.575. The molecule has 4 nitrogen and oxygen atoms in total. The van der Waals surface area contributed by atoms with E-state index in [2.05, 4.69) is 22.0 Å². The number of hydrogen-bond donors (Lipinski definition) is 1. The molecule has 2 N–H and O–H groups in total. The van der Waals surface area contributed by atoms with Crippen molar-refractivity contribution in [1.82, 2.24) is 15.4 Å². The van der Waals surface area contributed by atoms with Crippen LogP contribution in [0, 0.1) is 0 Å². The van der Waals surface area contributed by atoms with Crippen LogP contribution in [0.2, 0.25) is 0 Å². The van der Waals surface area contributed by atoms with Crippen molar-refractivity contribution in [2.75, 3.05) is 5.73 Å². The summed E-state index contributed by atoms with van der Waals surface area (Å²) in [5.41, 5.74) is 6.63. The zero-order valence-electron chi connectivity index (χ0n) is 5.94. The Labute approximate surface area is 64.4 Å². The summed E-state index contributed by atoms with van der Waals surface area (Å²) in [6.45, 7) is 3.51. The van der Waals surface area contributed by atoms with Gasteiger partial charge in [-0.2, -0.15) is 0 Å². The van der Waals surface area contributed by atoms with Gasteiger partial charge in [-0.25, -0.2) is 0 Å². The van der Waals surface area contributed by atoms with Crippen molar-refractivity contribution in [3.05, 3.63) is 30.6 Å². The number of allylic oxidation sites excluding steroid dienone is 2. The first-order valence-electron chi connectivity index (χ1n) is 3.07. The second kappa shape index (κ2) is 3.46. The third-order valence-corrected chi connectivity index (χ3v) is 1.09. The molecule has 0 saturated carbocycles. The van der Waals surface area contributed by atoms with Crippen molar-refractivity contribution < 1.29 is 0 Å². The van der Waals surface area contributed by atoms with Crippen LogP contribution in [0.25, 0.3) is 6.08 Å². The van der Waals surface area contributed by atoms with E-state index in [-0.39, 0.29) is 0 Å². The summed E-state index contributed by atoms with van der Waals surface area (Å²) in [5, 5.41) is 10.6. The molecule has 0 aromatic carbocycles. The van der Waals surface area contributed by atoms with Crippen LogP contribution < -0.4 is 5.73 Å². The monoisotopic (exact) mass is 148 g/mol. The minimum atomic E-state index is 0.512. The Kier molecular flexibility index (Phi) is 2.32. The lowest BCUT2D eigenvalue weighted by Gasteiger charge is -1.92.